The number of carboxylic acid groups (broad SMARTS) is 1. The van der Waals surface area contributed by atoms with Crippen LogP contribution in [0.1, 0.15) is 82.3 Å². The van der Waals surface area contributed by atoms with Crippen molar-refractivity contribution in [1.82, 2.24) is 39.5 Å². The number of hydrogen-bond donors (Lipinski definition) is 5. The fourth-order valence-corrected chi connectivity index (χ4v) is 5.19. The number of Topliss-reactive ketones (excluding diaryl/α,β-unsaturated/α-hetero) is 1. The van der Waals surface area contributed by atoms with Crippen LogP contribution in [-0.4, -0.2) is 105 Å². The molecule has 0 saturated carbocycles. The number of esters is 2. The SMILES string of the molecule is CCOC(=O)C(CC(C)=O)=NOC.CCOC(=O)c1cc(C)nn1-c1cccc(C)n1.Cc1cccc(-n2nc(C)cc2C(=O)O)n1.Cc1cccc(Cl)n1.Cc1cccc(NN)n1.NN.O.[Li+].[OH-]. The van der Waals surface area contributed by atoms with E-state index in [2.05, 4.69) is 62.0 Å². The Morgan fingerprint density at radius 1 is 0.696 bits per heavy atom. The summed E-state index contributed by atoms with van der Waals surface area (Å²) in [6.07, 6.45) is -0.0628. The van der Waals surface area contributed by atoms with Gasteiger partial charge in [0.05, 0.1) is 31.0 Å². The van der Waals surface area contributed by atoms with E-state index in [9.17, 15) is 19.2 Å². The molecule has 0 fully saturated rings. The van der Waals surface area contributed by atoms with Gasteiger partial charge in [-0.15, -0.1) is 0 Å². The minimum absolute atomic E-state index is 0. The van der Waals surface area contributed by atoms with Crippen molar-refractivity contribution in [2.45, 2.75) is 68.7 Å². The van der Waals surface area contributed by atoms with Gasteiger partial charge in [-0.05, 0) is 123 Å². The fourth-order valence-electron chi connectivity index (χ4n) is 4.98. The molecule has 0 aliphatic carbocycles. The number of nitrogens with zero attached hydrogens (tertiary/aromatic N) is 9. The Bertz CT molecular complexity index is 2490. The molecule has 0 aliphatic rings. The zero-order chi connectivity index (χ0) is 49.8. The van der Waals surface area contributed by atoms with Gasteiger partial charge < -0.3 is 35.8 Å². The van der Waals surface area contributed by atoms with Crippen LogP contribution in [0.25, 0.3) is 11.6 Å². The van der Waals surface area contributed by atoms with Gasteiger partial charge in [0.1, 0.15) is 23.9 Å². The van der Waals surface area contributed by atoms with Gasteiger partial charge in [-0.3, -0.25) is 16.5 Å². The number of carbonyl (C=O) groups excluding carboxylic acids is 3. The van der Waals surface area contributed by atoms with E-state index >= 15 is 0 Å². The maximum Gasteiger partial charge on any atom is 1.00 e. The second kappa shape index (κ2) is 36.1. The molecular weight excluding hydrogens is 913 g/mol. The van der Waals surface area contributed by atoms with E-state index in [1.165, 1.54) is 29.5 Å². The number of hydrogen-bond acceptors (Lipinski definition) is 19. The first-order valence-electron chi connectivity index (χ1n) is 19.9. The van der Waals surface area contributed by atoms with Gasteiger partial charge in [-0.25, -0.2) is 49.5 Å². The monoisotopic (exact) mass is 973 g/mol. The van der Waals surface area contributed by atoms with Gasteiger partial charge in [0.2, 0.25) is 0 Å². The Kier molecular flexibility index (Phi) is 34.7. The van der Waals surface area contributed by atoms with Gasteiger partial charge in [-0.2, -0.15) is 10.2 Å². The van der Waals surface area contributed by atoms with Crippen LogP contribution in [0.2, 0.25) is 5.15 Å². The molecule has 0 radical (unpaired) electrons. The number of carboxylic acids is 1. The Morgan fingerprint density at radius 2 is 1.13 bits per heavy atom. The van der Waals surface area contributed by atoms with Crippen molar-refractivity contribution in [1.29, 1.82) is 0 Å². The molecule has 0 unspecified atom stereocenters. The number of ether oxygens (including phenoxy) is 2. The molecule has 6 rings (SSSR count). The summed E-state index contributed by atoms with van der Waals surface area (Å²) in [6.45, 7) is 16.5. The molecule has 0 atom stereocenters. The summed E-state index contributed by atoms with van der Waals surface area (Å²) in [5.41, 5.74) is 7.99. The Hall–Kier alpha value is -6.94. The molecule has 11 N–H and O–H groups in total. The summed E-state index contributed by atoms with van der Waals surface area (Å²) in [5.74, 6) is 12.8. The third-order valence-electron chi connectivity index (χ3n) is 7.57. The largest absolute Gasteiger partial charge is 1.00 e. The van der Waals surface area contributed by atoms with Crippen molar-refractivity contribution < 1.29 is 68.4 Å². The van der Waals surface area contributed by atoms with Crippen LogP contribution < -0.4 is 41.8 Å². The summed E-state index contributed by atoms with van der Waals surface area (Å²) < 4.78 is 12.5. The minimum atomic E-state index is -1.01. The predicted molar refractivity (Wildman–Crippen MR) is 256 cm³/mol. The van der Waals surface area contributed by atoms with Crippen molar-refractivity contribution in [3.63, 3.8) is 0 Å². The molecule has 0 bridgehead atoms. The van der Waals surface area contributed by atoms with Crippen molar-refractivity contribution in [2.24, 2.45) is 22.7 Å². The van der Waals surface area contributed by atoms with Crippen molar-refractivity contribution in [2.75, 3.05) is 25.7 Å². The Labute approximate surface area is 417 Å². The Morgan fingerprint density at radius 3 is 1.49 bits per heavy atom. The molecule has 23 nitrogen and oxygen atoms in total. The number of aromatic nitrogens is 8. The summed E-state index contributed by atoms with van der Waals surface area (Å²) in [4.78, 5) is 65.6. The van der Waals surface area contributed by atoms with Crippen LogP contribution in [0.4, 0.5) is 5.82 Å². The van der Waals surface area contributed by atoms with Crippen LogP contribution >= 0.6 is 11.6 Å². The molecule has 25 heteroatoms. The molecule has 0 aliphatic heterocycles. The van der Waals surface area contributed by atoms with Crippen LogP contribution in [-0.2, 0) is 23.9 Å². The van der Waals surface area contributed by atoms with Gasteiger partial charge in [0, 0.05) is 22.8 Å². The fraction of sp³-hybridized carbons (Fsp3) is 0.295. The van der Waals surface area contributed by atoms with E-state index in [1.807, 2.05) is 95.3 Å². The van der Waals surface area contributed by atoms with E-state index in [4.69, 9.17) is 27.3 Å². The van der Waals surface area contributed by atoms with Crippen molar-refractivity contribution in [3.05, 3.63) is 136 Å². The number of rotatable bonds is 11. The number of aromatic carboxylic acids is 1. The topological polar surface area (TPSA) is 367 Å². The molecule has 0 spiro atoms. The van der Waals surface area contributed by atoms with Gasteiger partial charge >= 0.3 is 36.8 Å². The van der Waals surface area contributed by atoms with Crippen molar-refractivity contribution >= 4 is 46.8 Å². The third-order valence-corrected chi connectivity index (χ3v) is 7.78. The van der Waals surface area contributed by atoms with E-state index in [0.717, 1.165) is 28.5 Å². The second-order valence-corrected chi connectivity index (χ2v) is 13.6. The number of nitrogens with two attached hydrogens (primary N) is 3. The quantitative estimate of drug-likeness (QED) is 0.0308. The minimum Gasteiger partial charge on any atom is -0.870 e. The Balaban J connectivity index is -0.000000794. The van der Waals surface area contributed by atoms with E-state index in [0.29, 0.717) is 40.6 Å². The number of anilines is 1. The number of carbonyl (C=O) groups is 4. The second-order valence-electron chi connectivity index (χ2n) is 13.2. The van der Waals surface area contributed by atoms with E-state index in [-0.39, 0.29) is 66.0 Å². The number of aryl methyl sites for hydroxylation is 6. The van der Waals surface area contributed by atoms with Crippen molar-refractivity contribution in [3.8, 4) is 11.6 Å². The number of nitrogens with one attached hydrogen (secondary N) is 1. The summed E-state index contributed by atoms with van der Waals surface area (Å²) >= 11 is 5.53. The first-order valence-corrected chi connectivity index (χ1v) is 20.3. The third kappa shape index (κ3) is 25.1. The summed E-state index contributed by atoms with van der Waals surface area (Å²) in [7, 11) is 1.30. The number of pyridine rings is 4. The molecule has 0 saturated heterocycles. The standard InChI is InChI=1S/C13H15N3O2.C11H11N3O2.C8H13NO4.C6H6ClN.C6H9N3.Li.H4N2.2H2O/c1-4-18-13(17)11-8-10(3)15-16(11)12-7-5-6-9(2)14-12;1-7-4-3-5-10(12-7)14-9(11(15)16)6-8(2)13-14;1-4-13-8(11)7(9-12-3)5-6(2)10;1-5-3-2-4-6(7)8-5;1-5-3-2-4-6(8-5)9-7;;1-2;;/h5-8H,4H2,1-3H3;3-6H,1-2H3,(H,15,16);4-5H2,1-3H3;2-4H,1H3;2-4H,7H2,1H3,(H,8,9);;1-2H2;2*1H2/q;;;;;+1;;;/p-1. The first kappa shape index (κ1) is 66.3. The predicted octanol–water partition coefficient (Wildman–Crippen LogP) is 1.71. The van der Waals surface area contributed by atoms with Gasteiger partial charge in [0.25, 0.3) is 0 Å². The molecule has 370 valence electrons. The van der Waals surface area contributed by atoms with E-state index in [1.54, 1.807) is 39.0 Å². The van der Waals surface area contributed by atoms with Crippen LogP contribution in [0.3, 0.4) is 0 Å². The maximum atomic E-state index is 11.8. The van der Waals surface area contributed by atoms with Crippen LogP contribution in [0.15, 0.2) is 90.1 Å². The molecule has 6 aromatic rings. The molecule has 6 aromatic heterocycles. The molecule has 0 amide bonds. The molecule has 69 heavy (non-hydrogen) atoms. The van der Waals surface area contributed by atoms with Crippen LogP contribution in [0.5, 0.6) is 0 Å². The smallest absolute Gasteiger partial charge is 0.870 e. The zero-order valence-electron chi connectivity index (χ0n) is 40.6. The normalized spacial score (nSPS) is 9.51. The number of ketones is 1. The number of hydrazine groups is 2. The summed E-state index contributed by atoms with van der Waals surface area (Å²) in [6, 6.07) is 25.4. The number of oxime groups is 1. The molecular formula is C44H61ClLiN13O10. The number of nitrogen functional groups attached to an aromatic ring is 1. The zero-order valence-corrected chi connectivity index (χ0v) is 41.3. The number of halogens is 1. The average Bonchev–Trinajstić information content (AvgIpc) is 3.88. The van der Waals surface area contributed by atoms with Gasteiger partial charge in [-0.1, -0.05) is 41.0 Å². The van der Waals surface area contributed by atoms with Crippen LogP contribution in [0, 0.1) is 41.5 Å². The van der Waals surface area contributed by atoms with E-state index < -0.39 is 11.9 Å². The van der Waals surface area contributed by atoms with Gasteiger partial charge in [0.15, 0.2) is 28.7 Å². The summed E-state index contributed by atoms with van der Waals surface area (Å²) in [5, 5.41) is 21.4. The maximum absolute atomic E-state index is 11.8. The average molecular weight is 974 g/mol. The first-order chi connectivity index (χ1) is 31.4. The molecule has 6 heterocycles. The molecule has 0 aromatic carbocycles.